The summed E-state index contributed by atoms with van der Waals surface area (Å²) in [5, 5.41) is 8.39. The minimum atomic E-state index is -3.89. The van der Waals surface area contributed by atoms with Crippen molar-refractivity contribution < 1.29 is 22.7 Å². The Morgan fingerprint density at radius 1 is 1.25 bits per heavy atom. The molecule has 28 heavy (non-hydrogen) atoms. The number of sulfonamides is 1. The summed E-state index contributed by atoms with van der Waals surface area (Å²) < 4.78 is 34.9. The van der Waals surface area contributed by atoms with E-state index in [9.17, 15) is 13.2 Å². The van der Waals surface area contributed by atoms with Crippen LogP contribution in [0, 0.1) is 0 Å². The summed E-state index contributed by atoms with van der Waals surface area (Å²) >= 11 is 0. The Morgan fingerprint density at radius 2 is 2.07 bits per heavy atom. The first-order chi connectivity index (χ1) is 13.4. The lowest BCUT2D eigenvalue weighted by Crippen LogP contribution is -2.32. The van der Waals surface area contributed by atoms with Crippen molar-refractivity contribution in [3.63, 3.8) is 0 Å². The summed E-state index contributed by atoms with van der Waals surface area (Å²) in [5.41, 5.74) is 2.80. The van der Waals surface area contributed by atoms with Crippen LogP contribution in [0.2, 0.25) is 0 Å². The van der Waals surface area contributed by atoms with Gasteiger partial charge in [0, 0.05) is 23.6 Å². The second-order valence-electron chi connectivity index (χ2n) is 7.08. The number of amides is 1. The number of carbonyl (C=O) groups is 1. The molecule has 0 bridgehead atoms. The molecule has 0 aromatic heterocycles. The number of nitrogens with one attached hydrogen (secondary N) is 1. The van der Waals surface area contributed by atoms with Gasteiger partial charge in [0.1, 0.15) is 11.5 Å². The fourth-order valence-electron chi connectivity index (χ4n) is 3.94. The molecule has 1 aliphatic heterocycles. The van der Waals surface area contributed by atoms with E-state index in [-0.39, 0.29) is 16.8 Å². The van der Waals surface area contributed by atoms with Gasteiger partial charge in [0.15, 0.2) is 0 Å². The normalized spacial score (nSPS) is 18.0. The Kier molecular flexibility index (Phi) is 4.76. The Morgan fingerprint density at radius 3 is 2.82 bits per heavy atom. The molecule has 7 nitrogen and oxygen atoms in total. The summed E-state index contributed by atoms with van der Waals surface area (Å²) in [4.78, 5) is 13.0. The maximum atomic E-state index is 12.9. The third-order valence-electron chi connectivity index (χ3n) is 5.31. The van der Waals surface area contributed by atoms with E-state index in [0.717, 1.165) is 29.5 Å². The predicted molar refractivity (Wildman–Crippen MR) is 103 cm³/mol. The third-order valence-corrected chi connectivity index (χ3v) is 6.29. The smallest absolute Gasteiger partial charge is 0.251 e. The first-order valence-electron chi connectivity index (χ1n) is 9.17. The van der Waals surface area contributed by atoms with Gasteiger partial charge in [-0.05, 0) is 54.7 Å². The van der Waals surface area contributed by atoms with E-state index in [1.165, 1.54) is 6.07 Å². The van der Waals surface area contributed by atoms with E-state index in [4.69, 9.17) is 14.6 Å². The number of hydrogen-bond acceptors (Lipinski definition) is 5. The van der Waals surface area contributed by atoms with Gasteiger partial charge in [-0.3, -0.25) is 4.79 Å². The number of benzene rings is 2. The van der Waals surface area contributed by atoms with Crippen LogP contribution >= 0.6 is 0 Å². The molecule has 1 unspecified atom stereocenters. The highest BCUT2D eigenvalue weighted by Gasteiger charge is 2.27. The molecule has 2 aliphatic rings. The molecule has 2 aromatic carbocycles. The topological polar surface area (TPSA) is 108 Å². The molecule has 1 aliphatic carbocycles. The van der Waals surface area contributed by atoms with Gasteiger partial charge in [0.25, 0.3) is 5.91 Å². The highest BCUT2D eigenvalue weighted by Crippen LogP contribution is 2.35. The van der Waals surface area contributed by atoms with Gasteiger partial charge in [0.2, 0.25) is 10.0 Å². The van der Waals surface area contributed by atoms with Crippen LogP contribution in [0.25, 0.3) is 0 Å². The van der Waals surface area contributed by atoms with Crippen molar-refractivity contribution in [3.8, 4) is 11.5 Å². The molecule has 3 N–H and O–H groups in total. The van der Waals surface area contributed by atoms with Gasteiger partial charge in [0.05, 0.1) is 24.7 Å². The highest BCUT2D eigenvalue weighted by atomic mass is 32.2. The number of carbonyl (C=O) groups excluding carboxylic acids is 1. The van der Waals surface area contributed by atoms with Gasteiger partial charge >= 0.3 is 0 Å². The van der Waals surface area contributed by atoms with Crippen molar-refractivity contribution in [3.05, 3.63) is 52.6 Å². The summed E-state index contributed by atoms with van der Waals surface area (Å²) in [7, 11) is -2.30. The number of aryl methyl sites for hydroxylation is 1. The second-order valence-corrected chi connectivity index (χ2v) is 8.61. The third kappa shape index (κ3) is 3.45. The van der Waals surface area contributed by atoms with Gasteiger partial charge < -0.3 is 14.8 Å². The van der Waals surface area contributed by atoms with Gasteiger partial charge in [-0.25, -0.2) is 13.6 Å². The maximum Gasteiger partial charge on any atom is 0.251 e. The second kappa shape index (κ2) is 7.10. The van der Waals surface area contributed by atoms with Crippen LogP contribution in [-0.4, -0.2) is 28.0 Å². The van der Waals surface area contributed by atoms with Crippen LogP contribution < -0.4 is 19.9 Å². The summed E-state index contributed by atoms with van der Waals surface area (Å²) in [6.07, 6.45) is 2.90. The molecule has 8 heteroatoms. The van der Waals surface area contributed by atoms with Crippen LogP contribution in [0.4, 0.5) is 0 Å². The number of nitrogens with two attached hydrogens (primary N) is 1. The zero-order valence-electron chi connectivity index (χ0n) is 15.5. The Bertz CT molecular complexity index is 1050. The van der Waals surface area contributed by atoms with Crippen molar-refractivity contribution in [2.45, 2.75) is 36.6 Å². The largest absolute Gasteiger partial charge is 0.497 e. The number of primary sulfonamides is 1. The summed E-state index contributed by atoms with van der Waals surface area (Å²) in [6, 6.07) is 8.43. The van der Waals surface area contributed by atoms with E-state index in [0.29, 0.717) is 36.5 Å². The standard InChI is InChI=1S/C20H22N2O5S/c1-26-14-5-6-16-17(7-8-27-18(16)11-14)22-20(23)13-9-12-3-2-4-15(12)19(10-13)28(21,24)25/h5-6,9-11,17H,2-4,7-8H2,1H3,(H,22,23)(H2,21,24,25). The molecule has 0 radical (unpaired) electrons. The zero-order valence-corrected chi connectivity index (χ0v) is 16.3. The van der Waals surface area contributed by atoms with E-state index in [2.05, 4.69) is 5.32 Å². The molecule has 1 amide bonds. The molecule has 0 saturated heterocycles. The molecule has 1 atom stereocenters. The van der Waals surface area contributed by atoms with Gasteiger partial charge in [-0.2, -0.15) is 0 Å². The lowest BCUT2D eigenvalue weighted by atomic mass is 9.99. The molecular formula is C20H22N2O5S. The van der Waals surface area contributed by atoms with E-state index in [1.54, 1.807) is 19.2 Å². The average Bonchev–Trinajstić information content (AvgIpc) is 3.14. The number of fused-ring (bicyclic) bond motifs is 2. The predicted octanol–water partition coefficient (Wildman–Crippen LogP) is 2.08. The Balaban J connectivity index is 1.64. The monoisotopic (exact) mass is 402 g/mol. The molecule has 1 heterocycles. The van der Waals surface area contributed by atoms with Crippen LogP contribution in [0.3, 0.4) is 0 Å². The SMILES string of the molecule is COc1ccc2c(c1)OCCC2NC(=O)c1cc2c(c(S(N)(=O)=O)c1)CCC2. The Hall–Kier alpha value is -2.58. The summed E-state index contributed by atoms with van der Waals surface area (Å²) in [5.74, 6) is 1.03. The van der Waals surface area contributed by atoms with Gasteiger partial charge in [-0.1, -0.05) is 0 Å². The molecule has 4 rings (SSSR count). The number of methoxy groups -OCH3 is 1. The van der Waals surface area contributed by atoms with Crippen LogP contribution in [0.15, 0.2) is 35.2 Å². The van der Waals surface area contributed by atoms with Crippen molar-refractivity contribution in [1.82, 2.24) is 5.32 Å². The molecule has 2 aromatic rings. The minimum Gasteiger partial charge on any atom is -0.497 e. The molecule has 0 fully saturated rings. The van der Waals surface area contributed by atoms with Crippen molar-refractivity contribution in [1.29, 1.82) is 0 Å². The van der Waals surface area contributed by atoms with Gasteiger partial charge in [-0.15, -0.1) is 0 Å². The fourth-order valence-corrected chi connectivity index (χ4v) is 4.81. The quantitative estimate of drug-likeness (QED) is 0.814. The average molecular weight is 402 g/mol. The Labute approximate surface area is 163 Å². The zero-order chi connectivity index (χ0) is 19.9. The fraction of sp³-hybridized carbons (Fsp3) is 0.350. The summed E-state index contributed by atoms with van der Waals surface area (Å²) in [6.45, 7) is 0.470. The van der Waals surface area contributed by atoms with E-state index in [1.807, 2.05) is 12.1 Å². The minimum absolute atomic E-state index is 0.0600. The van der Waals surface area contributed by atoms with Crippen molar-refractivity contribution >= 4 is 15.9 Å². The van der Waals surface area contributed by atoms with Crippen LogP contribution in [0.1, 0.15) is 45.9 Å². The molecule has 0 saturated carbocycles. The van der Waals surface area contributed by atoms with Crippen LogP contribution in [-0.2, 0) is 22.9 Å². The number of ether oxygens (including phenoxy) is 2. The van der Waals surface area contributed by atoms with Crippen molar-refractivity contribution in [2.24, 2.45) is 5.14 Å². The molecular weight excluding hydrogens is 380 g/mol. The first kappa shape index (κ1) is 18.8. The maximum absolute atomic E-state index is 12.9. The first-order valence-corrected chi connectivity index (χ1v) is 10.7. The molecule has 148 valence electrons. The lowest BCUT2D eigenvalue weighted by Gasteiger charge is -2.27. The number of hydrogen-bond donors (Lipinski definition) is 2. The molecule has 0 spiro atoms. The van der Waals surface area contributed by atoms with E-state index < -0.39 is 10.0 Å². The van der Waals surface area contributed by atoms with Crippen molar-refractivity contribution in [2.75, 3.05) is 13.7 Å². The lowest BCUT2D eigenvalue weighted by molar-refractivity contribution is 0.0924. The number of rotatable bonds is 4. The highest BCUT2D eigenvalue weighted by molar-refractivity contribution is 7.89. The van der Waals surface area contributed by atoms with Crippen LogP contribution in [0.5, 0.6) is 11.5 Å². The van der Waals surface area contributed by atoms with E-state index >= 15 is 0 Å².